The molecule has 1 unspecified atom stereocenters. The largest absolute Gasteiger partial charge is 0.454 e. The van der Waals surface area contributed by atoms with Gasteiger partial charge in [0.2, 0.25) is 0 Å². The third-order valence-electron chi connectivity index (χ3n) is 3.01. The summed E-state index contributed by atoms with van der Waals surface area (Å²) in [7, 11) is 0. The lowest BCUT2D eigenvalue weighted by molar-refractivity contribution is -0.159. The lowest BCUT2D eigenvalue weighted by Crippen LogP contribution is -2.33. The molecule has 0 aliphatic heterocycles. The minimum absolute atomic E-state index is 0.263. The summed E-state index contributed by atoms with van der Waals surface area (Å²) < 4.78 is 10.3. The second-order valence-corrected chi connectivity index (χ2v) is 6.51. The summed E-state index contributed by atoms with van der Waals surface area (Å²) in [6.07, 6.45) is 1.03. The van der Waals surface area contributed by atoms with Gasteiger partial charge in [0.05, 0.1) is 0 Å². The summed E-state index contributed by atoms with van der Waals surface area (Å²) in [4.78, 5) is 24.4. The predicted molar refractivity (Wildman–Crippen MR) is 86.9 cm³/mol. The standard InChI is InChI=1S/C16H25NO4S/c1-12(2)7-9-20-13(3)16(19)21-11-15(18)17-8-6-14-5-4-10-22-14/h4-5,10,12-13H,6-9,11H2,1-3H3,(H,17,18). The minimum Gasteiger partial charge on any atom is -0.454 e. The first-order chi connectivity index (χ1) is 10.5. The highest BCUT2D eigenvalue weighted by Crippen LogP contribution is 2.08. The van der Waals surface area contributed by atoms with Crippen LogP contribution in [0.25, 0.3) is 0 Å². The quantitative estimate of drug-likeness (QED) is 0.670. The Morgan fingerprint density at radius 1 is 1.32 bits per heavy atom. The molecule has 1 N–H and O–H groups in total. The molecule has 0 fully saturated rings. The van der Waals surface area contributed by atoms with E-state index in [0.717, 1.165) is 12.8 Å². The van der Waals surface area contributed by atoms with Crippen molar-refractivity contribution in [2.75, 3.05) is 19.8 Å². The average Bonchev–Trinajstić information content (AvgIpc) is 2.97. The van der Waals surface area contributed by atoms with Crippen molar-refractivity contribution in [2.24, 2.45) is 5.92 Å². The molecule has 124 valence electrons. The first-order valence-corrected chi connectivity index (χ1v) is 8.44. The van der Waals surface area contributed by atoms with Crippen LogP contribution in [0, 0.1) is 5.92 Å². The maximum atomic E-state index is 11.7. The molecule has 0 saturated carbocycles. The molecule has 5 nitrogen and oxygen atoms in total. The summed E-state index contributed by atoms with van der Waals surface area (Å²) in [6.45, 7) is 6.61. The van der Waals surface area contributed by atoms with Crippen molar-refractivity contribution in [2.45, 2.75) is 39.7 Å². The van der Waals surface area contributed by atoms with E-state index >= 15 is 0 Å². The smallest absolute Gasteiger partial charge is 0.335 e. The van der Waals surface area contributed by atoms with E-state index in [1.54, 1.807) is 18.3 Å². The minimum atomic E-state index is -0.641. The Labute approximate surface area is 136 Å². The zero-order chi connectivity index (χ0) is 16.4. The highest BCUT2D eigenvalue weighted by atomic mass is 32.1. The van der Waals surface area contributed by atoms with E-state index < -0.39 is 12.1 Å². The summed E-state index contributed by atoms with van der Waals surface area (Å²) in [5.74, 6) is -0.270. The molecule has 0 saturated heterocycles. The van der Waals surface area contributed by atoms with E-state index in [0.29, 0.717) is 19.1 Å². The van der Waals surface area contributed by atoms with E-state index in [4.69, 9.17) is 9.47 Å². The van der Waals surface area contributed by atoms with Crippen LogP contribution >= 0.6 is 11.3 Å². The highest BCUT2D eigenvalue weighted by Gasteiger charge is 2.16. The van der Waals surface area contributed by atoms with Crippen LogP contribution < -0.4 is 5.32 Å². The van der Waals surface area contributed by atoms with Crippen molar-refractivity contribution in [1.29, 1.82) is 0 Å². The number of amides is 1. The fourth-order valence-electron chi connectivity index (χ4n) is 1.63. The third kappa shape index (κ3) is 8.14. The number of carbonyl (C=O) groups is 2. The van der Waals surface area contributed by atoms with Gasteiger partial charge in [-0.1, -0.05) is 19.9 Å². The Bertz CT molecular complexity index is 445. The van der Waals surface area contributed by atoms with Crippen molar-refractivity contribution >= 4 is 23.2 Å². The molecule has 6 heteroatoms. The monoisotopic (exact) mass is 327 g/mol. The fraction of sp³-hybridized carbons (Fsp3) is 0.625. The van der Waals surface area contributed by atoms with Gasteiger partial charge in [0, 0.05) is 18.0 Å². The van der Waals surface area contributed by atoms with Gasteiger partial charge in [0.15, 0.2) is 12.7 Å². The molecule has 1 aromatic rings. The number of carbonyl (C=O) groups excluding carboxylic acids is 2. The lowest BCUT2D eigenvalue weighted by Gasteiger charge is -2.13. The lowest BCUT2D eigenvalue weighted by atomic mass is 10.1. The molecule has 22 heavy (non-hydrogen) atoms. The Hall–Kier alpha value is -1.40. The Morgan fingerprint density at radius 3 is 2.73 bits per heavy atom. The SMILES string of the molecule is CC(C)CCOC(C)C(=O)OCC(=O)NCCc1cccs1. The number of esters is 1. The van der Waals surface area contributed by atoms with Gasteiger partial charge in [-0.25, -0.2) is 4.79 Å². The van der Waals surface area contributed by atoms with Gasteiger partial charge in [-0.2, -0.15) is 0 Å². The predicted octanol–water partition coefficient (Wildman–Crippen LogP) is 2.40. The Kier molecular flexibility index (Phi) is 8.77. The van der Waals surface area contributed by atoms with Crippen molar-refractivity contribution in [3.8, 4) is 0 Å². The van der Waals surface area contributed by atoms with Gasteiger partial charge < -0.3 is 14.8 Å². The first-order valence-electron chi connectivity index (χ1n) is 7.56. The molecule has 0 bridgehead atoms. The molecule has 1 aromatic heterocycles. The summed E-state index contributed by atoms with van der Waals surface area (Å²) >= 11 is 1.65. The molecular weight excluding hydrogens is 302 g/mol. The molecule has 1 atom stereocenters. The van der Waals surface area contributed by atoms with Crippen LogP contribution in [0.2, 0.25) is 0 Å². The average molecular weight is 327 g/mol. The van der Waals surface area contributed by atoms with E-state index in [2.05, 4.69) is 19.2 Å². The highest BCUT2D eigenvalue weighted by molar-refractivity contribution is 7.09. The topological polar surface area (TPSA) is 64.6 Å². The van der Waals surface area contributed by atoms with E-state index in [-0.39, 0.29) is 12.5 Å². The number of hydrogen-bond donors (Lipinski definition) is 1. The van der Waals surface area contributed by atoms with Crippen molar-refractivity contribution in [3.05, 3.63) is 22.4 Å². The van der Waals surface area contributed by atoms with E-state index in [1.807, 2.05) is 17.5 Å². The molecule has 1 amide bonds. The van der Waals surface area contributed by atoms with Gasteiger partial charge in [-0.3, -0.25) is 4.79 Å². The van der Waals surface area contributed by atoms with Gasteiger partial charge in [-0.05, 0) is 37.1 Å². The van der Waals surface area contributed by atoms with Crippen LogP contribution in [-0.4, -0.2) is 37.7 Å². The summed E-state index contributed by atoms with van der Waals surface area (Å²) in [5, 5.41) is 4.72. The van der Waals surface area contributed by atoms with Gasteiger partial charge in [-0.15, -0.1) is 11.3 Å². The zero-order valence-electron chi connectivity index (χ0n) is 13.5. The number of ether oxygens (including phenoxy) is 2. The second kappa shape index (κ2) is 10.3. The van der Waals surface area contributed by atoms with Crippen molar-refractivity contribution in [3.63, 3.8) is 0 Å². The number of rotatable bonds is 10. The van der Waals surface area contributed by atoms with E-state index in [9.17, 15) is 9.59 Å². The molecule has 0 radical (unpaired) electrons. The van der Waals surface area contributed by atoms with Crippen LogP contribution in [0.1, 0.15) is 32.1 Å². The van der Waals surface area contributed by atoms with Gasteiger partial charge in [0.1, 0.15) is 0 Å². The molecule has 1 heterocycles. The number of hydrogen-bond acceptors (Lipinski definition) is 5. The fourth-order valence-corrected chi connectivity index (χ4v) is 2.34. The third-order valence-corrected chi connectivity index (χ3v) is 3.95. The van der Waals surface area contributed by atoms with Crippen LogP contribution in [0.15, 0.2) is 17.5 Å². The molecule has 0 spiro atoms. The van der Waals surface area contributed by atoms with Crippen LogP contribution in [0.4, 0.5) is 0 Å². The number of thiophene rings is 1. The van der Waals surface area contributed by atoms with Crippen LogP contribution in [-0.2, 0) is 25.5 Å². The first kappa shape index (κ1) is 18.6. The molecule has 0 aliphatic rings. The zero-order valence-corrected chi connectivity index (χ0v) is 14.3. The molecular formula is C16H25NO4S. The van der Waals surface area contributed by atoms with Crippen molar-refractivity contribution < 1.29 is 19.1 Å². The van der Waals surface area contributed by atoms with Gasteiger partial charge >= 0.3 is 5.97 Å². The molecule has 0 aromatic carbocycles. The van der Waals surface area contributed by atoms with Gasteiger partial charge in [0.25, 0.3) is 5.91 Å². The maximum Gasteiger partial charge on any atom is 0.335 e. The van der Waals surface area contributed by atoms with Crippen molar-refractivity contribution in [1.82, 2.24) is 5.32 Å². The Balaban J connectivity index is 2.10. The second-order valence-electron chi connectivity index (χ2n) is 5.48. The van der Waals surface area contributed by atoms with Crippen LogP contribution in [0.3, 0.4) is 0 Å². The normalized spacial score (nSPS) is 12.2. The molecule has 1 rings (SSSR count). The maximum absolute atomic E-state index is 11.7. The van der Waals surface area contributed by atoms with Crippen LogP contribution in [0.5, 0.6) is 0 Å². The van der Waals surface area contributed by atoms with E-state index in [1.165, 1.54) is 4.88 Å². The summed E-state index contributed by atoms with van der Waals surface area (Å²) in [5.41, 5.74) is 0. The number of nitrogens with one attached hydrogen (secondary N) is 1. The summed E-state index contributed by atoms with van der Waals surface area (Å²) in [6, 6.07) is 4.00. The molecule has 0 aliphatic carbocycles. The Morgan fingerprint density at radius 2 is 2.09 bits per heavy atom.